The van der Waals surface area contributed by atoms with Crippen molar-refractivity contribution in [2.75, 3.05) is 52.7 Å². The molecule has 7 heteroatoms. The van der Waals surface area contributed by atoms with E-state index in [0.717, 1.165) is 53.4 Å². The predicted octanol–water partition coefficient (Wildman–Crippen LogP) is 5.80. The van der Waals surface area contributed by atoms with Gasteiger partial charge in [0.05, 0.1) is 26.7 Å². The molecule has 1 spiro atoms. The smallest absolute Gasteiger partial charge is 0.231 e. The predicted molar refractivity (Wildman–Crippen MR) is 142 cm³/mol. The van der Waals surface area contributed by atoms with E-state index >= 15 is 0 Å². The maximum absolute atomic E-state index is 6.38. The summed E-state index contributed by atoms with van der Waals surface area (Å²) in [6, 6.07) is 14.7. The molecule has 0 amide bonds. The number of methoxy groups -OCH3 is 3. The van der Waals surface area contributed by atoms with Crippen LogP contribution in [0.4, 0.5) is 5.69 Å². The summed E-state index contributed by atoms with van der Waals surface area (Å²) in [6.07, 6.45) is 3.54. The van der Waals surface area contributed by atoms with E-state index in [4.69, 9.17) is 28.4 Å². The fraction of sp³-hybridized carbons (Fsp3) is 0.400. The van der Waals surface area contributed by atoms with Gasteiger partial charge in [-0.2, -0.15) is 0 Å². The number of benzene rings is 3. The van der Waals surface area contributed by atoms with E-state index in [9.17, 15) is 0 Å². The Balaban J connectivity index is 1.55. The van der Waals surface area contributed by atoms with Gasteiger partial charge in [-0.15, -0.1) is 0 Å². The second-order valence-corrected chi connectivity index (χ2v) is 9.81. The first-order valence-corrected chi connectivity index (χ1v) is 12.9. The third kappa shape index (κ3) is 3.63. The topological polar surface area (TPSA) is 58.6 Å². The normalized spacial score (nSPS) is 18.5. The lowest BCUT2D eigenvalue weighted by Gasteiger charge is -2.26. The van der Waals surface area contributed by atoms with Crippen LogP contribution in [0.1, 0.15) is 37.3 Å². The maximum Gasteiger partial charge on any atom is 0.231 e. The van der Waals surface area contributed by atoms with Gasteiger partial charge in [0.2, 0.25) is 12.5 Å². The monoisotopic (exact) mass is 503 g/mol. The van der Waals surface area contributed by atoms with Crippen LogP contribution >= 0.6 is 0 Å². The van der Waals surface area contributed by atoms with E-state index in [1.165, 1.54) is 24.1 Å². The first kappa shape index (κ1) is 23.6. The molecule has 7 nitrogen and oxygen atoms in total. The molecule has 3 aliphatic heterocycles. The van der Waals surface area contributed by atoms with Crippen LogP contribution in [0.2, 0.25) is 0 Å². The number of anilines is 1. The van der Waals surface area contributed by atoms with Crippen molar-refractivity contribution in [1.82, 2.24) is 0 Å². The molecule has 194 valence electrons. The van der Waals surface area contributed by atoms with E-state index in [0.29, 0.717) is 23.9 Å². The first-order chi connectivity index (χ1) is 18.1. The van der Waals surface area contributed by atoms with Gasteiger partial charge in [0.15, 0.2) is 23.0 Å². The van der Waals surface area contributed by atoms with E-state index in [2.05, 4.69) is 36.1 Å². The minimum absolute atomic E-state index is 0.238. The van der Waals surface area contributed by atoms with Crippen molar-refractivity contribution in [3.05, 3.63) is 53.6 Å². The van der Waals surface area contributed by atoms with Crippen LogP contribution in [-0.2, 0) is 5.41 Å². The van der Waals surface area contributed by atoms with E-state index in [1.54, 1.807) is 21.3 Å². The number of hydrogen-bond donors (Lipinski definition) is 0. The average Bonchev–Trinajstić information content (AvgIpc) is 3.63. The van der Waals surface area contributed by atoms with Gasteiger partial charge in [-0.1, -0.05) is 31.9 Å². The molecule has 0 radical (unpaired) electrons. The van der Waals surface area contributed by atoms with Crippen molar-refractivity contribution in [3.8, 4) is 45.6 Å². The molecular formula is C30H33NO6. The third-order valence-electron chi connectivity index (χ3n) is 7.79. The molecule has 3 aromatic rings. The Kier molecular flexibility index (Phi) is 5.94. The fourth-order valence-corrected chi connectivity index (χ4v) is 6.06. The van der Waals surface area contributed by atoms with Gasteiger partial charge in [-0.25, -0.2) is 0 Å². The van der Waals surface area contributed by atoms with Crippen molar-refractivity contribution in [1.29, 1.82) is 0 Å². The molecule has 1 atom stereocenters. The highest BCUT2D eigenvalue weighted by Gasteiger charge is 2.51. The van der Waals surface area contributed by atoms with Crippen molar-refractivity contribution in [3.63, 3.8) is 0 Å². The van der Waals surface area contributed by atoms with Crippen LogP contribution in [0.3, 0.4) is 0 Å². The SMILES string of the molecule is CCCCCN1CC2(COc3cc4c(cc32)OCO4)c2c(-c3cc(OC)c(OC)c(OC)c3)cccc21. The Bertz CT molecular complexity index is 1310. The summed E-state index contributed by atoms with van der Waals surface area (Å²) in [4.78, 5) is 2.52. The second kappa shape index (κ2) is 9.29. The zero-order valence-electron chi connectivity index (χ0n) is 21.9. The first-order valence-electron chi connectivity index (χ1n) is 12.9. The zero-order chi connectivity index (χ0) is 25.6. The molecule has 0 N–H and O–H groups in total. The Morgan fingerprint density at radius 3 is 2.32 bits per heavy atom. The van der Waals surface area contributed by atoms with Gasteiger partial charge in [0.1, 0.15) is 12.4 Å². The van der Waals surface area contributed by atoms with Crippen molar-refractivity contribution < 1.29 is 28.4 Å². The highest BCUT2D eigenvalue weighted by Crippen LogP contribution is 2.57. The van der Waals surface area contributed by atoms with Crippen LogP contribution < -0.4 is 33.3 Å². The molecule has 3 heterocycles. The number of hydrogen-bond acceptors (Lipinski definition) is 7. The van der Waals surface area contributed by atoms with Crippen LogP contribution in [0.25, 0.3) is 11.1 Å². The summed E-state index contributed by atoms with van der Waals surface area (Å²) in [5.41, 5.74) is 5.46. The lowest BCUT2D eigenvalue weighted by Crippen LogP contribution is -2.36. The molecule has 0 bridgehead atoms. The van der Waals surface area contributed by atoms with Crippen LogP contribution in [0.5, 0.6) is 34.5 Å². The Morgan fingerprint density at radius 1 is 0.865 bits per heavy atom. The molecule has 3 aliphatic rings. The van der Waals surface area contributed by atoms with E-state index < -0.39 is 0 Å². The summed E-state index contributed by atoms with van der Waals surface area (Å²) in [6.45, 7) is 4.89. The minimum atomic E-state index is -0.338. The van der Waals surface area contributed by atoms with Gasteiger partial charge < -0.3 is 33.3 Å². The van der Waals surface area contributed by atoms with E-state index in [1.807, 2.05) is 18.2 Å². The molecule has 0 aliphatic carbocycles. The molecule has 0 saturated carbocycles. The third-order valence-corrected chi connectivity index (χ3v) is 7.79. The number of ether oxygens (including phenoxy) is 6. The second-order valence-electron chi connectivity index (χ2n) is 9.81. The fourth-order valence-electron chi connectivity index (χ4n) is 6.06. The highest BCUT2D eigenvalue weighted by atomic mass is 16.7. The molecule has 3 aromatic carbocycles. The minimum Gasteiger partial charge on any atom is -0.493 e. The Morgan fingerprint density at radius 2 is 1.62 bits per heavy atom. The van der Waals surface area contributed by atoms with Gasteiger partial charge in [-0.3, -0.25) is 0 Å². The van der Waals surface area contributed by atoms with Crippen molar-refractivity contribution >= 4 is 5.69 Å². The summed E-state index contributed by atoms with van der Waals surface area (Å²) < 4.78 is 34.8. The van der Waals surface area contributed by atoms with Crippen molar-refractivity contribution in [2.45, 2.75) is 31.6 Å². The van der Waals surface area contributed by atoms with Crippen LogP contribution in [0, 0.1) is 0 Å². The van der Waals surface area contributed by atoms with Crippen molar-refractivity contribution in [2.24, 2.45) is 0 Å². The summed E-state index contributed by atoms with van der Waals surface area (Å²) in [5, 5.41) is 0. The van der Waals surface area contributed by atoms with Gasteiger partial charge in [-0.05, 0) is 47.4 Å². The molecule has 1 unspecified atom stereocenters. The number of unbranched alkanes of at least 4 members (excludes halogenated alkanes) is 2. The molecule has 0 aromatic heterocycles. The summed E-state index contributed by atoms with van der Waals surface area (Å²) in [7, 11) is 4.93. The molecular weight excluding hydrogens is 470 g/mol. The van der Waals surface area contributed by atoms with Crippen LogP contribution in [0.15, 0.2) is 42.5 Å². The molecule has 0 saturated heterocycles. The lowest BCUT2D eigenvalue weighted by atomic mass is 9.74. The van der Waals surface area contributed by atoms with Gasteiger partial charge in [0, 0.05) is 30.4 Å². The average molecular weight is 504 g/mol. The van der Waals surface area contributed by atoms with Crippen LogP contribution in [-0.4, -0.2) is 47.8 Å². The Labute approximate surface area is 217 Å². The van der Waals surface area contributed by atoms with Gasteiger partial charge >= 0.3 is 0 Å². The lowest BCUT2D eigenvalue weighted by molar-refractivity contribution is 0.173. The summed E-state index contributed by atoms with van der Waals surface area (Å²) in [5.74, 6) is 4.23. The largest absolute Gasteiger partial charge is 0.493 e. The molecule has 6 rings (SSSR count). The number of nitrogens with zero attached hydrogens (tertiary/aromatic N) is 1. The zero-order valence-corrected chi connectivity index (χ0v) is 21.9. The quantitative estimate of drug-likeness (QED) is 0.360. The maximum atomic E-state index is 6.38. The molecule has 37 heavy (non-hydrogen) atoms. The Hall–Kier alpha value is -3.74. The highest BCUT2D eigenvalue weighted by molar-refractivity contribution is 5.84. The van der Waals surface area contributed by atoms with E-state index in [-0.39, 0.29) is 12.2 Å². The number of rotatable bonds is 8. The molecule has 0 fully saturated rings. The number of fused-ring (bicyclic) bond motifs is 5. The summed E-state index contributed by atoms with van der Waals surface area (Å²) >= 11 is 0. The standard InChI is InChI=1S/C30H33NO6/c1-5-6-7-11-31-16-30(17-35-23-15-25-24(14-21(23)30)36-18-37-25)28-20(9-8-10-22(28)31)19-12-26(32-2)29(34-4)27(13-19)33-3/h8-10,12-15H,5-7,11,16-18H2,1-4H3. The van der Waals surface area contributed by atoms with Gasteiger partial charge in [0.25, 0.3) is 0 Å².